The van der Waals surface area contributed by atoms with E-state index in [0.717, 1.165) is 19.4 Å². The van der Waals surface area contributed by atoms with Crippen LogP contribution in [0.4, 0.5) is 4.39 Å². The summed E-state index contributed by atoms with van der Waals surface area (Å²) in [5.41, 5.74) is 0. The lowest BCUT2D eigenvalue weighted by Crippen LogP contribution is -2.42. The Hall–Kier alpha value is -0.210. The SMILES string of the molecule is CNCC1CCCN(S(=O)(=O)c2cccc(Br)c2F)C1.Cl. The third-order valence-corrected chi connectivity index (χ3v) is 6.00. The van der Waals surface area contributed by atoms with E-state index < -0.39 is 15.8 Å². The van der Waals surface area contributed by atoms with Gasteiger partial charge in [0.1, 0.15) is 4.90 Å². The minimum absolute atomic E-state index is 0. The molecule has 1 fully saturated rings. The molecule has 0 radical (unpaired) electrons. The standard InChI is InChI=1S/C13H18BrFN2O2S.ClH/c1-16-8-10-4-3-7-17(9-10)20(18,19)12-6-2-5-11(14)13(12)15;/h2,5-6,10,16H,3-4,7-9H2,1H3;1H. The van der Waals surface area contributed by atoms with Crippen LogP contribution in [0.15, 0.2) is 27.6 Å². The quantitative estimate of drug-likeness (QED) is 0.844. The summed E-state index contributed by atoms with van der Waals surface area (Å²) in [6, 6.07) is 4.35. The van der Waals surface area contributed by atoms with Crippen LogP contribution in [-0.2, 0) is 10.0 Å². The zero-order valence-corrected chi connectivity index (χ0v) is 14.9. The Labute approximate surface area is 139 Å². The maximum Gasteiger partial charge on any atom is 0.246 e. The first kappa shape index (κ1) is 18.8. The van der Waals surface area contributed by atoms with Crippen molar-refractivity contribution in [2.75, 3.05) is 26.7 Å². The molecule has 1 unspecified atom stereocenters. The third-order valence-electron chi connectivity index (χ3n) is 3.51. The second-order valence-corrected chi connectivity index (χ2v) is 7.74. The predicted octanol–water partition coefficient (Wildman–Crippen LogP) is 2.63. The molecule has 1 saturated heterocycles. The molecule has 0 amide bonds. The van der Waals surface area contributed by atoms with Gasteiger partial charge in [0, 0.05) is 13.1 Å². The molecule has 120 valence electrons. The van der Waals surface area contributed by atoms with Gasteiger partial charge in [0.2, 0.25) is 10.0 Å². The first-order chi connectivity index (χ1) is 9.46. The fourth-order valence-corrected chi connectivity index (χ4v) is 4.66. The van der Waals surface area contributed by atoms with Gasteiger partial charge in [-0.25, -0.2) is 12.8 Å². The smallest absolute Gasteiger partial charge is 0.246 e. The van der Waals surface area contributed by atoms with E-state index in [4.69, 9.17) is 0 Å². The number of nitrogens with zero attached hydrogens (tertiary/aromatic N) is 1. The monoisotopic (exact) mass is 400 g/mol. The Bertz CT molecular complexity index is 584. The van der Waals surface area contributed by atoms with E-state index in [1.807, 2.05) is 7.05 Å². The topological polar surface area (TPSA) is 49.4 Å². The fourth-order valence-electron chi connectivity index (χ4n) is 2.52. The average molecular weight is 402 g/mol. The molecule has 1 aromatic rings. The van der Waals surface area contributed by atoms with E-state index in [1.165, 1.54) is 22.5 Å². The van der Waals surface area contributed by atoms with Gasteiger partial charge in [-0.05, 0) is 60.4 Å². The molecule has 1 aliphatic rings. The molecule has 2 rings (SSSR count). The van der Waals surface area contributed by atoms with Crippen LogP contribution in [0.1, 0.15) is 12.8 Å². The Morgan fingerprint density at radius 2 is 2.19 bits per heavy atom. The maximum atomic E-state index is 14.0. The Morgan fingerprint density at radius 1 is 1.48 bits per heavy atom. The van der Waals surface area contributed by atoms with Crippen molar-refractivity contribution < 1.29 is 12.8 Å². The highest BCUT2D eigenvalue weighted by atomic mass is 79.9. The molecule has 1 atom stereocenters. The van der Waals surface area contributed by atoms with Crippen LogP contribution < -0.4 is 5.32 Å². The highest BCUT2D eigenvalue weighted by Crippen LogP contribution is 2.28. The Balaban J connectivity index is 0.00000220. The number of nitrogens with one attached hydrogen (secondary N) is 1. The van der Waals surface area contributed by atoms with Gasteiger partial charge in [0.05, 0.1) is 4.47 Å². The lowest BCUT2D eigenvalue weighted by atomic mass is 10.00. The van der Waals surface area contributed by atoms with E-state index in [2.05, 4.69) is 21.2 Å². The van der Waals surface area contributed by atoms with Crippen LogP contribution in [0.5, 0.6) is 0 Å². The van der Waals surface area contributed by atoms with Gasteiger partial charge in [-0.3, -0.25) is 0 Å². The molecule has 1 aliphatic heterocycles. The lowest BCUT2D eigenvalue weighted by molar-refractivity contribution is 0.262. The van der Waals surface area contributed by atoms with Crippen LogP contribution in [0, 0.1) is 11.7 Å². The number of piperidine rings is 1. The molecule has 0 spiro atoms. The van der Waals surface area contributed by atoms with Gasteiger partial charge in [0.15, 0.2) is 5.82 Å². The second-order valence-electron chi connectivity index (χ2n) is 4.98. The summed E-state index contributed by atoms with van der Waals surface area (Å²) in [6.45, 7) is 1.66. The molecule has 21 heavy (non-hydrogen) atoms. The number of sulfonamides is 1. The van der Waals surface area contributed by atoms with E-state index >= 15 is 0 Å². The summed E-state index contributed by atoms with van der Waals surface area (Å²) < 4.78 is 40.7. The van der Waals surface area contributed by atoms with Gasteiger partial charge in [0.25, 0.3) is 0 Å². The first-order valence-corrected chi connectivity index (χ1v) is 8.79. The van der Waals surface area contributed by atoms with Gasteiger partial charge in [-0.1, -0.05) is 6.07 Å². The molecule has 1 N–H and O–H groups in total. The van der Waals surface area contributed by atoms with Crippen LogP contribution in [0.3, 0.4) is 0 Å². The van der Waals surface area contributed by atoms with Crippen molar-refractivity contribution >= 4 is 38.4 Å². The minimum atomic E-state index is -3.77. The molecule has 0 saturated carbocycles. The molecule has 4 nitrogen and oxygen atoms in total. The summed E-state index contributed by atoms with van der Waals surface area (Å²) >= 11 is 3.03. The lowest BCUT2D eigenvalue weighted by Gasteiger charge is -2.32. The van der Waals surface area contributed by atoms with Crippen molar-refractivity contribution in [2.24, 2.45) is 5.92 Å². The summed E-state index contributed by atoms with van der Waals surface area (Å²) in [5, 5.41) is 3.07. The molecule has 0 aliphatic carbocycles. The van der Waals surface area contributed by atoms with Gasteiger partial charge in [-0.15, -0.1) is 12.4 Å². The average Bonchev–Trinajstić information content (AvgIpc) is 2.42. The van der Waals surface area contributed by atoms with Crippen molar-refractivity contribution in [3.05, 3.63) is 28.5 Å². The van der Waals surface area contributed by atoms with Gasteiger partial charge < -0.3 is 5.32 Å². The summed E-state index contributed by atoms with van der Waals surface area (Å²) in [6.07, 6.45) is 1.80. The van der Waals surface area contributed by atoms with Crippen LogP contribution in [0.25, 0.3) is 0 Å². The van der Waals surface area contributed by atoms with Crippen molar-refractivity contribution in [1.29, 1.82) is 0 Å². The van der Waals surface area contributed by atoms with Crippen molar-refractivity contribution in [1.82, 2.24) is 9.62 Å². The zero-order valence-electron chi connectivity index (χ0n) is 11.7. The molecular formula is C13H19BrClFN2O2S. The Kier molecular flexibility index (Phi) is 7.06. The third kappa shape index (κ3) is 4.16. The van der Waals surface area contributed by atoms with Gasteiger partial charge >= 0.3 is 0 Å². The van der Waals surface area contributed by atoms with E-state index in [1.54, 1.807) is 0 Å². The highest BCUT2D eigenvalue weighted by molar-refractivity contribution is 9.10. The summed E-state index contributed by atoms with van der Waals surface area (Å²) in [7, 11) is -1.92. The summed E-state index contributed by atoms with van der Waals surface area (Å²) in [5.74, 6) is -0.443. The van der Waals surface area contributed by atoms with E-state index in [9.17, 15) is 12.8 Å². The van der Waals surface area contributed by atoms with E-state index in [-0.39, 0.29) is 27.7 Å². The van der Waals surface area contributed by atoms with Crippen molar-refractivity contribution in [2.45, 2.75) is 17.7 Å². The number of hydrogen-bond donors (Lipinski definition) is 1. The number of rotatable bonds is 4. The minimum Gasteiger partial charge on any atom is -0.319 e. The molecule has 8 heteroatoms. The highest BCUT2D eigenvalue weighted by Gasteiger charge is 2.32. The molecule has 0 bridgehead atoms. The second kappa shape index (κ2) is 7.87. The van der Waals surface area contributed by atoms with Gasteiger partial charge in [-0.2, -0.15) is 4.31 Å². The molecule has 1 heterocycles. The normalized spacial score (nSPS) is 20.0. The van der Waals surface area contributed by atoms with Crippen molar-refractivity contribution in [3.8, 4) is 0 Å². The van der Waals surface area contributed by atoms with Crippen LogP contribution in [0.2, 0.25) is 0 Å². The number of benzene rings is 1. The molecule has 1 aromatic carbocycles. The van der Waals surface area contributed by atoms with Crippen LogP contribution >= 0.6 is 28.3 Å². The summed E-state index contributed by atoms with van der Waals surface area (Å²) in [4.78, 5) is -0.253. The largest absolute Gasteiger partial charge is 0.319 e. The maximum absolute atomic E-state index is 14.0. The number of hydrogen-bond acceptors (Lipinski definition) is 3. The van der Waals surface area contributed by atoms with E-state index in [0.29, 0.717) is 13.1 Å². The molecule has 0 aromatic heterocycles. The van der Waals surface area contributed by atoms with Crippen molar-refractivity contribution in [3.63, 3.8) is 0 Å². The van der Waals surface area contributed by atoms with Crippen LogP contribution in [-0.4, -0.2) is 39.4 Å². The number of halogens is 3. The first-order valence-electron chi connectivity index (χ1n) is 6.55. The predicted molar refractivity (Wildman–Crippen MR) is 86.8 cm³/mol. The zero-order chi connectivity index (χ0) is 14.8. The fraction of sp³-hybridized carbons (Fsp3) is 0.538. The molecular weight excluding hydrogens is 383 g/mol. The Morgan fingerprint density at radius 3 is 2.86 bits per heavy atom.